The third kappa shape index (κ3) is 7.37. The van der Waals surface area contributed by atoms with Crippen molar-refractivity contribution in [3.8, 4) is 23.0 Å². The van der Waals surface area contributed by atoms with Crippen molar-refractivity contribution < 1.29 is 23.7 Å². The summed E-state index contributed by atoms with van der Waals surface area (Å²) in [5.74, 6) is 1.78. The minimum atomic E-state index is -0.377. The second-order valence-corrected chi connectivity index (χ2v) is 8.47. The lowest BCUT2D eigenvalue weighted by Crippen LogP contribution is -2.17. The van der Waals surface area contributed by atoms with Gasteiger partial charge < -0.3 is 18.9 Å². The van der Waals surface area contributed by atoms with Crippen molar-refractivity contribution in [1.82, 2.24) is 5.43 Å². The fourth-order valence-corrected chi connectivity index (χ4v) is 3.95. The second kappa shape index (κ2) is 13.0. The van der Waals surface area contributed by atoms with E-state index in [1.165, 1.54) is 6.21 Å². The summed E-state index contributed by atoms with van der Waals surface area (Å²) in [5, 5.41) is 4.72. The maximum Gasteiger partial charge on any atom is 0.271 e. The number of carbonyl (C=O) groups is 1. The number of halogens is 2. The van der Waals surface area contributed by atoms with Gasteiger partial charge in [-0.1, -0.05) is 23.7 Å². The molecule has 3 rings (SSSR count). The molecule has 0 atom stereocenters. The molecule has 1 N–H and O–H groups in total. The van der Waals surface area contributed by atoms with Gasteiger partial charge in [-0.2, -0.15) is 5.10 Å². The van der Waals surface area contributed by atoms with Crippen molar-refractivity contribution in [1.29, 1.82) is 0 Å². The quantitative estimate of drug-likeness (QED) is 0.221. The van der Waals surface area contributed by atoms with Gasteiger partial charge in [0.2, 0.25) is 0 Å². The number of nitrogens with one attached hydrogen (secondary N) is 1. The molecule has 0 aliphatic carbocycles. The SMILES string of the molecule is CCOc1ccc(C(=O)N/N=C/c2cc(Br)c(OCc3cccc(Cl)c3)c(OC)c2)cc1OCC. The number of hydrogen-bond acceptors (Lipinski definition) is 6. The van der Waals surface area contributed by atoms with Gasteiger partial charge in [-0.25, -0.2) is 5.43 Å². The van der Waals surface area contributed by atoms with E-state index < -0.39 is 0 Å². The van der Waals surface area contributed by atoms with Crippen LogP contribution >= 0.6 is 27.5 Å². The summed E-state index contributed by atoms with van der Waals surface area (Å²) in [5.41, 5.74) is 4.56. The first-order valence-electron chi connectivity index (χ1n) is 10.9. The molecule has 0 saturated carbocycles. The normalized spacial score (nSPS) is 10.8. The van der Waals surface area contributed by atoms with E-state index in [-0.39, 0.29) is 5.91 Å². The maximum absolute atomic E-state index is 12.6. The zero-order valence-electron chi connectivity index (χ0n) is 19.6. The molecule has 0 aromatic heterocycles. The first-order valence-corrected chi connectivity index (χ1v) is 12.1. The van der Waals surface area contributed by atoms with Gasteiger partial charge in [0.15, 0.2) is 23.0 Å². The molecule has 0 aliphatic heterocycles. The topological polar surface area (TPSA) is 78.4 Å². The highest BCUT2D eigenvalue weighted by molar-refractivity contribution is 9.10. The van der Waals surface area contributed by atoms with E-state index in [0.717, 1.165) is 5.56 Å². The Morgan fingerprint density at radius 2 is 1.77 bits per heavy atom. The van der Waals surface area contributed by atoms with Crippen LogP contribution in [0, 0.1) is 0 Å². The largest absolute Gasteiger partial charge is 0.493 e. The van der Waals surface area contributed by atoms with Crippen LogP contribution in [0.4, 0.5) is 0 Å². The fraction of sp³-hybridized carbons (Fsp3) is 0.231. The van der Waals surface area contributed by atoms with Crippen LogP contribution in [0.15, 0.2) is 64.2 Å². The average molecular weight is 562 g/mol. The Bertz CT molecular complexity index is 1200. The van der Waals surface area contributed by atoms with Crippen molar-refractivity contribution in [2.24, 2.45) is 5.10 Å². The van der Waals surface area contributed by atoms with Crippen LogP contribution < -0.4 is 24.4 Å². The number of hydrazone groups is 1. The number of nitrogens with zero attached hydrogens (tertiary/aromatic N) is 1. The van der Waals surface area contributed by atoms with Crippen LogP contribution in [0.5, 0.6) is 23.0 Å². The van der Waals surface area contributed by atoms with Gasteiger partial charge in [0, 0.05) is 10.6 Å². The minimum absolute atomic E-state index is 0.324. The molecule has 0 heterocycles. The van der Waals surface area contributed by atoms with Crippen LogP contribution in [0.25, 0.3) is 0 Å². The Morgan fingerprint density at radius 1 is 1.00 bits per heavy atom. The van der Waals surface area contributed by atoms with Gasteiger partial charge in [-0.15, -0.1) is 0 Å². The molecule has 0 aliphatic rings. The molecule has 7 nitrogen and oxygen atoms in total. The summed E-state index contributed by atoms with van der Waals surface area (Å²) in [6, 6.07) is 16.0. The van der Waals surface area contributed by atoms with Crippen LogP contribution in [0.3, 0.4) is 0 Å². The van der Waals surface area contributed by atoms with E-state index in [9.17, 15) is 4.79 Å². The van der Waals surface area contributed by atoms with Crippen LogP contribution in [-0.2, 0) is 6.61 Å². The van der Waals surface area contributed by atoms with Crippen molar-refractivity contribution in [2.45, 2.75) is 20.5 Å². The number of ether oxygens (including phenoxy) is 4. The van der Waals surface area contributed by atoms with Crippen molar-refractivity contribution in [3.05, 3.63) is 80.8 Å². The highest BCUT2D eigenvalue weighted by Gasteiger charge is 2.13. The van der Waals surface area contributed by atoms with E-state index in [2.05, 4.69) is 26.5 Å². The third-order valence-electron chi connectivity index (χ3n) is 4.71. The van der Waals surface area contributed by atoms with Gasteiger partial charge in [0.25, 0.3) is 5.91 Å². The minimum Gasteiger partial charge on any atom is -0.493 e. The molecule has 0 radical (unpaired) electrons. The number of benzene rings is 3. The third-order valence-corrected chi connectivity index (χ3v) is 5.53. The van der Waals surface area contributed by atoms with Crippen LogP contribution in [-0.4, -0.2) is 32.4 Å². The summed E-state index contributed by atoms with van der Waals surface area (Å²) < 4.78 is 23.2. The number of rotatable bonds is 11. The molecule has 1 amide bonds. The summed E-state index contributed by atoms with van der Waals surface area (Å²) >= 11 is 9.56. The Kier molecular flexibility index (Phi) is 9.81. The number of hydrogen-bond donors (Lipinski definition) is 1. The predicted molar refractivity (Wildman–Crippen MR) is 140 cm³/mol. The molecule has 3 aromatic carbocycles. The molecular weight excluding hydrogens is 536 g/mol. The Hall–Kier alpha value is -3.23. The molecule has 0 spiro atoms. The zero-order valence-corrected chi connectivity index (χ0v) is 22.0. The van der Waals surface area contributed by atoms with Gasteiger partial charge in [0.1, 0.15) is 6.61 Å². The molecule has 9 heteroatoms. The Morgan fingerprint density at radius 3 is 2.49 bits per heavy atom. The molecule has 35 heavy (non-hydrogen) atoms. The lowest BCUT2D eigenvalue weighted by atomic mass is 10.2. The molecule has 0 saturated heterocycles. The second-order valence-electron chi connectivity index (χ2n) is 7.18. The summed E-state index contributed by atoms with van der Waals surface area (Å²) in [7, 11) is 1.55. The lowest BCUT2D eigenvalue weighted by molar-refractivity contribution is 0.0954. The van der Waals surface area contributed by atoms with Crippen molar-refractivity contribution in [2.75, 3.05) is 20.3 Å². The number of amides is 1. The van der Waals surface area contributed by atoms with E-state index in [1.54, 1.807) is 31.4 Å². The highest BCUT2D eigenvalue weighted by Crippen LogP contribution is 2.37. The Labute approximate surface area is 218 Å². The zero-order chi connectivity index (χ0) is 25.2. The first kappa shape index (κ1) is 26.4. The van der Waals surface area contributed by atoms with Crippen molar-refractivity contribution in [3.63, 3.8) is 0 Å². The predicted octanol–water partition coefficient (Wildman–Crippen LogP) is 6.25. The van der Waals surface area contributed by atoms with E-state index in [1.807, 2.05) is 44.2 Å². The van der Waals surface area contributed by atoms with Crippen molar-refractivity contribution >= 4 is 39.7 Å². The highest BCUT2D eigenvalue weighted by atomic mass is 79.9. The lowest BCUT2D eigenvalue weighted by Gasteiger charge is -2.13. The van der Waals surface area contributed by atoms with Crippen LogP contribution in [0.2, 0.25) is 5.02 Å². The van der Waals surface area contributed by atoms with Crippen LogP contribution in [0.1, 0.15) is 35.3 Å². The Balaban J connectivity index is 1.69. The molecular formula is C26H26BrClN2O5. The van der Waals surface area contributed by atoms with E-state index >= 15 is 0 Å². The van der Waals surface area contributed by atoms with Gasteiger partial charge in [-0.3, -0.25) is 4.79 Å². The van der Waals surface area contributed by atoms with Gasteiger partial charge in [-0.05, 0) is 83.4 Å². The fourth-order valence-electron chi connectivity index (χ4n) is 3.16. The van der Waals surface area contributed by atoms with E-state index in [0.29, 0.717) is 63.4 Å². The maximum atomic E-state index is 12.6. The monoisotopic (exact) mass is 560 g/mol. The summed E-state index contributed by atoms with van der Waals surface area (Å²) in [6.45, 7) is 5.03. The number of methoxy groups -OCH3 is 1. The van der Waals surface area contributed by atoms with Gasteiger partial charge in [0.05, 0.1) is 31.0 Å². The standard InChI is InChI=1S/C26H26BrClN2O5/c1-4-33-22-10-9-19(14-23(22)34-5-2)26(31)30-29-15-18-12-21(27)25(24(13-18)32-3)35-16-17-7-6-8-20(28)11-17/h6-15H,4-5,16H2,1-3H3,(H,30,31)/b29-15+. The molecule has 3 aromatic rings. The summed E-state index contributed by atoms with van der Waals surface area (Å²) in [6.07, 6.45) is 1.52. The average Bonchev–Trinajstić information content (AvgIpc) is 2.84. The number of carbonyl (C=O) groups excluding carboxylic acids is 1. The van der Waals surface area contributed by atoms with Gasteiger partial charge >= 0.3 is 0 Å². The molecule has 0 fully saturated rings. The molecule has 0 bridgehead atoms. The summed E-state index contributed by atoms with van der Waals surface area (Å²) in [4.78, 5) is 12.6. The smallest absolute Gasteiger partial charge is 0.271 e. The first-order chi connectivity index (χ1) is 16.9. The molecule has 184 valence electrons. The molecule has 0 unspecified atom stereocenters. The van der Waals surface area contributed by atoms with E-state index in [4.69, 9.17) is 30.5 Å².